The molecule has 0 aromatic heterocycles. The molecule has 0 radical (unpaired) electrons. The van der Waals surface area contributed by atoms with Crippen LogP contribution in [0.4, 0.5) is 5.69 Å². The predicted octanol–water partition coefficient (Wildman–Crippen LogP) is 3.80. The molecule has 0 bridgehead atoms. The van der Waals surface area contributed by atoms with Crippen LogP contribution in [-0.2, 0) is 0 Å². The van der Waals surface area contributed by atoms with Crippen molar-refractivity contribution >= 4 is 17.5 Å². The van der Waals surface area contributed by atoms with Crippen molar-refractivity contribution in [1.82, 2.24) is 0 Å². The fourth-order valence-electron chi connectivity index (χ4n) is 1.73. The van der Waals surface area contributed by atoms with E-state index in [4.69, 9.17) is 0 Å². The molecule has 0 unspecified atom stereocenters. The number of non-ortho nitro benzene ring substituents is 1. The number of hydrogen-bond acceptors (Lipinski definition) is 3. The molecule has 0 spiro atoms. The molecule has 2 aromatic carbocycles. The molecular formula is C16H13NO3. The fourth-order valence-corrected chi connectivity index (χ4v) is 1.73. The molecule has 0 saturated carbocycles. The maximum Gasteiger partial charge on any atom is 0.270 e. The average Bonchev–Trinajstić information content (AvgIpc) is 2.46. The molecule has 4 heteroatoms. The average molecular weight is 267 g/mol. The van der Waals surface area contributed by atoms with Gasteiger partial charge in [0.05, 0.1) is 4.92 Å². The summed E-state index contributed by atoms with van der Waals surface area (Å²) in [5.74, 6) is -0.128. The second kappa shape index (κ2) is 5.93. The zero-order valence-electron chi connectivity index (χ0n) is 10.9. The Morgan fingerprint density at radius 2 is 1.85 bits per heavy atom. The number of carbonyl (C=O) groups is 1. The van der Waals surface area contributed by atoms with E-state index in [9.17, 15) is 14.9 Å². The van der Waals surface area contributed by atoms with Gasteiger partial charge in [-0.1, -0.05) is 48.0 Å². The minimum absolute atomic E-state index is 0.00920. The van der Waals surface area contributed by atoms with E-state index in [0.29, 0.717) is 11.1 Å². The fraction of sp³-hybridized carbons (Fsp3) is 0.0625. The first-order valence-corrected chi connectivity index (χ1v) is 6.10. The summed E-state index contributed by atoms with van der Waals surface area (Å²) < 4.78 is 0. The van der Waals surface area contributed by atoms with Crippen molar-refractivity contribution in [2.75, 3.05) is 0 Å². The highest BCUT2D eigenvalue weighted by Gasteiger charge is 2.05. The van der Waals surface area contributed by atoms with Crippen molar-refractivity contribution in [3.05, 3.63) is 81.4 Å². The van der Waals surface area contributed by atoms with Crippen molar-refractivity contribution in [3.63, 3.8) is 0 Å². The quantitative estimate of drug-likeness (QED) is 0.366. The van der Waals surface area contributed by atoms with Crippen LogP contribution in [-0.4, -0.2) is 10.7 Å². The van der Waals surface area contributed by atoms with Crippen LogP contribution in [0.15, 0.2) is 54.6 Å². The smallest absolute Gasteiger partial charge is 0.270 e. The van der Waals surface area contributed by atoms with Crippen molar-refractivity contribution in [2.24, 2.45) is 0 Å². The third kappa shape index (κ3) is 3.38. The predicted molar refractivity (Wildman–Crippen MR) is 77.6 cm³/mol. The summed E-state index contributed by atoms with van der Waals surface area (Å²) in [7, 11) is 0. The number of allylic oxidation sites excluding steroid dienone is 1. The van der Waals surface area contributed by atoms with Gasteiger partial charge in [0.15, 0.2) is 5.78 Å². The first-order chi connectivity index (χ1) is 9.56. The highest BCUT2D eigenvalue weighted by Crippen LogP contribution is 2.14. The van der Waals surface area contributed by atoms with Crippen molar-refractivity contribution in [3.8, 4) is 0 Å². The molecule has 0 atom stereocenters. The number of aryl methyl sites for hydroxylation is 1. The molecule has 0 heterocycles. The van der Waals surface area contributed by atoms with E-state index in [1.807, 2.05) is 19.1 Å². The Morgan fingerprint density at radius 1 is 1.15 bits per heavy atom. The van der Waals surface area contributed by atoms with E-state index in [1.165, 1.54) is 18.2 Å². The van der Waals surface area contributed by atoms with Crippen molar-refractivity contribution in [2.45, 2.75) is 6.92 Å². The number of rotatable bonds is 4. The van der Waals surface area contributed by atoms with Gasteiger partial charge >= 0.3 is 0 Å². The summed E-state index contributed by atoms with van der Waals surface area (Å²) in [4.78, 5) is 22.1. The number of benzene rings is 2. The summed E-state index contributed by atoms with van der Waals surface area (Å²) in [6.45, 7) is 1.95. The molecule has 0 fully saturated rings. The Balaban J connectivity index is 2.16. The van der Waals surface area contributed by atoms with Crippen LogP contribution < -0.4 is 0 Å². The van der Waals surface area contributed by atoms with Gasteiger partial charge in [0.1, 0.15) is 0 Å². The minimum atomic E-state index is -0.459. The summed E-state index contributed by atoms with van der Waals surface area (Å²) >= 11 is 0. The van der Waals surface area contributed by atoms with Crippen molar-refractivity contribution < 1.29 is 9.72 Å². The second-order valence-corrected chi connectivity index (χ2v) is 4.42. The molecule has 0 N–H and O–H groups in total. The van der Waals surface area contributed by atoms with Gasteiger partial charge in [-0.25, -0.2) is 0 Å². The van der Waals surface area contributed by atoms with Gasteiger partial charge in [0.2, 0.25) is 0 Å². The molecule has 0 saturated heterocycles. The maximum atomic E-state index is 11.9. The Kier molecular flexibility index (Phi) is 4.05. The summed E-state index contributed by atoms with van der Waals surface area (Å²) in [6, 6.07) is 13.4. The third-order valence-corrected chi connectivity index (χ3v) is 2.84. The van der Waals surface area contributed by atoms with Gasteiger partial charge in [0.25, 0.3) is 5.69 Å². The molecular weight excluding hydrogens is 254 g/mol. The number of nitro groups is 1. The summed E-state index contributed by atoms with van der Waals surface area (Å²) in [5, 5.41) is 10.7. The molecule has 2 rings (SSSR count). The third-order valence-electron chi connectivity index (χ3n) is 2.84. The summed E-state index contributed by atoms with van der Waals surface area (Å²) in [6.07, 6.45) is 3.00. The van der Waals surface area contributed by atoms with Gasteiger partial charge in [0, 0.05) is 17.7 Å². The zero-order valence-corrected chi connectivity index (χ0v) is 10.9. The first-order valence-electron chi connectivity index (χ1n) is 6.10. The molecule has 0 aliphatic carbocycles. The SMILES string of the molecule is Cc1ccc(C(=O)/C=C\c2cccc([N+](=O)[O-])c2)cc1. The van der Waals surface area contributed by atoms with Gasteiger partial charge < -0.3 is 0 Å². The lowest BCUT2D eigenvalue weighted by molar-refractivity contribution is -0.384. The van der Waals surface area contributed by atoms with Gasteiger partial charge in [-0.3, -0.25) is 14.9 Å². The lowest BCUT2D eigenvalue weighted by atomic mass is 10.1. The molecule has 20 heavy (non-hydrogen) atoms. The van der Waals surface area contributed by atoms with Crippen LogP contribution in [0.1, 0.15) is 21.5 Å². The molecule has 4 nitrogen and oxygen atoms in total. The van der Waals surface area contributed by atoms with E-state index in [2.05, 4.69) is 0 Å². The number of nitrogens with zero attached hydrogens (tertiary/aromatic N) is 1. The van der Waals surface area contributed by atoms with Gasteiger partial charge in [-0.05, 0) is 18.6 Å². The molecule has 0 amide bonds. The Morgan fingerprint density at radius 3 is 2.50 bits per heavy atom. The lowest BCUT2D eigenvalue weighted by Crippen LogP contribution is -1.93. The highest BCUT2D eigenvalue weighted by atomic mass is 16.6. The molecule has 2 aromatic rings. The van der Waals surface area contributed by atoms with Gasteiger partial charge in [-0.2, -0.15) is 0 Å². The largest absolute Gasteiger partial charge is 0.289 e. The standard InChI is InChI=1S/C16H13NO3/c1-12-5-8-14(9-6-12)16(18)10-7-13-3-2-4-15(11-13)17(19)20/h2-11H,1H3/b10-7-. The maximum absolute atomic E-state index is 11.9. The Bertz CT molecular complexity index is 672. The van der Waals surface area contributed by atoms with Crippen LogP contribution in [0, 0.1) is 17.0 Å². The lowest BCUT2D eigenvalue weighted by Gasteiger charge is -1.97. The van der Waals surface area contributed by atoms with Crippen LogP contribution in [0.2, 0.25) is 0 Å². The number of ketones is 1. The van der Waals surface area contributed by atoms with E-state index in [0.717, 1.165) is 5.56 Å². The monoisotopic (exact) mass is 267 g/mol. The van der Waals surface area contributed by atoms with E-state index < -0.39 is 4.92 Å². The molecule has 0 aliphatic heterocycles. The van der Waals surface area contributed by atoms with Crippen LogP contribution in [0.5, 0.6) is 0 Å². The number of carbonyl (C=O) groups excluding carboxylic acids is 1. The first kappa shape index (κ1) is 13.7. The van der Waals surface area contributed by atoms with E-state index >= 15 is 0 Å². The Labute approximate surface area is 116 Å². The van der Waals surface area contributed by atoms with Crippen LogP contribution in [0.3, 0.4) is 0 Å². The van der Waals surface area contributed by atoms with E-state index in [1.54, 1.807) is 30.3 Å². The van der Waals surface area contributed by atoms with E-state index in [-0.39, 0.29) is 11.5 Å². The molecule has 100 valence electrons. The highest BCUT2D eigenvalue weighted by molar-refractivity contribution is 6.06. The summed E-state index contributed by atoms with van der Waals surface area (Å²) in [5.41, 5.74) is 2.32. The number of nitro benzene ring substituents is 1. The Hall–Kier alpha value is -2.75. The van der Waals surface area contributed by atoms with Crippen LogP contribution >= 0.6 is 0 Å². The topological polar surface area (TPSA) is 60.2 Å². The normalized spacial score (nSPS) is 10.7. The molecule has 0 aliphatic rings. The minimum Gasteiger partial charge on any atom is -0.289 e. The zero-order chi connectivity index (χ0) is 14.5. The number of hydrogen-bond donors (Lipinski definition) is 0. The van der Waals surface area contributed by atoms with Crippen LogP contribution in [0.25, 0.3) is 6.08 Å². The van der Waals surface area contributed by atoms with Crippen molar-refractivity contribution in [1.29, 1.82) is 0 Å². The van der Waals surface area contributed by atoms with Gasteiger partial charge in [-0.15, -0.1) is 0 Å². The second-order valence-electron chi connectivity index (χ2n) is 4.42.